The maximum absolute atomic E-state index is 10.9. The van der Waals surface area contributed by atoms with Crippen LogP contribution in [0.3, 0.4) is 0 Å². The molecule has 98 valence electrons. The Morgan fingerprint density at radius 1 is 1.24 bits per heavy atom. The smallest absolute Gasteiger partial charge is 0.119 e. The van der Waals surface area contributed by atoms with Crippen LogP contribution in [-0.2, 0) is 9.53 Å². The summed E-state index contributed by atoms with van der Waals surface area (Å²) in [7, 11) is 0. The van der Waals surface area contributed by atoms with Crippen LogP contribution in [0.5, 0.6) is 0 Å². The van der Waals surface area contributed by atoms with Crippen molar-refractivity contribution < 1.29 is 19.1 Å². The van der Waals surface area contributed by atoms with Gasteiger partial charge in [0.15, 0.2) is 0 Å². The molecule has 0 saturated carbocycles. The fourth-order valence-corrected chi connectivity index (χ4v) is 2.92. The molecule has 17 heavy (non-hydrogen) atoms. The number of carbonyl (C=O) groups excluding carboxylic acids is 1. The summed E-state index contributed by atoms with van der Waals surface area (Å²) in [5, 5.41) is 10.9. The second-order valence-corrected chi connectivity index (χ2v) is 5.20. The zero-order valence-electron chi connectivity index (χ0n) is 10.4. The number of carboxylic acid groups (broad SMARTS) is 1. The molecule has 0 bridgehead atoms. The van der Waals surface area contributed by atoms with Crippen molar-refractivity contribution in [2.45, 2.75) is 12.8 Å². The first-order valence-corrected chi connectivity index (χ1v) is 6.55. The van der Waals surface area contributed by atoms with E-state index < -0.39 is 5.97 Å². The Labute approximate surface area is 103 Å². The Kier molecular flexibility index (Phi) is 4.36. The highest BCUT2D eigenvalue weighted by Gasteiger charge is 2.32. The van der Waals surface area contributed by atoms with Gasteiger partial charge in [0.1, 0.15) is 6.54 Å². The van der Waals surface area contributed by atoms with Crippen molar-refractivity contribution in [1.29, 1.82) is 0 Å². The van der Waals surface area contributed by atoms with E-state index in [2.05, 4.69) is 4.90 Å². The van der Waals surface area contributed by atoms with Gasteiger partial charge in [-0.15, -0.1) is 0 Å². The van der Waals surface area contributed by atoms with Crippen LogP contribution in [0.1, 0.15) is 12.8 Å². The predicted molar refractivity (Wildman–Crippen MR) is 61.2 cm³/mol. The van der Waals surface area contributed by atoms with Crippen molar-refractivity contribution in [2.24, 2.45) is 0 Å². The van der Waals surface area contributed by atoms with Gasteiger partial charge in [-0.1, -0.05) is 0 Å². The normalized spacial score (nSPS) is 24.9. The van der Waals surface area contributed by atoms with Crippen molar-refractivity contribution in [3.63, 3.8) is 0 Å². The average molecular weight is 242 g/mol. The van der Waals surface area contributed by atoms with Crippen molar-refractivity contribution >= 4 is 5.97 Å². The maximum atomic E-state index is 10.9. The van der Waals surface area contributed by atoms with Gasteiger partial charge in [-0.2, -0.15) is 0 Å². The molecule has 0 amide bonds. The minimum atomic E-state index is -0.908. The number of nitrogens with zero attached hydrogens (tertiary/aromatic N) is 2. The highest BCUT2D eigenvalue weighted by Crippen LogP contribution is 2.19. The van der Waals surface area contributed by atoms with Gasteiger partial charge in [-0.3, -0.25) is 4.90 Å². The number of rotatable bonds is 5. The zero-order chi connectivity index (χ0) is 12.1. The van der Waals surface area contributed by atoms with Crippen LogP contribution in [0, 0.1) is 0 Å². The number of likely N-dealkylation sites (tertiary alicyclic amines) is 1. The SMILES string of the molecule is O=C([O-])C[N+]1(CCN2CCOCC2)CCCC1. The van der Waals surface area contributed by atoms with Crippen LogP contribution < -0.4 is 5.11 Å². The Morgan fingerprint density at radius 3 is 2.47 bits per heavy atom. The lowest BCUT2D eigenvalue weighted by molar-refractivity contribution is -0.910. The van der Waals surface area contributed by atoms with Crippen molar-refractivity contribution in [3.8, 4) is 0 Å². The van der Waals surface area contributed by atoms with Crippen molar-refractivity contribution in [3.05, 3.63) is 0 Å². The number of quaternary nitrogens is 1. The molecular formula is C12H22N2O3. The Balaban J connectivity index is 1.82. The molecule has 2 saturated heterocycles. The van der Waals surface area contributed by atoms with E-state index in [1.54, 1.807) is 0 Å². The zero-order valence-corrected chi connectivity index (χ0v) is 10.4. The van der Waals surface area contributed by atoms with Gasteiger partial charge in [0.05, 0.1) is 38.8 Å². The topological polar surface area (TPSA) is 52.6 Å². The molecule has 0 atom stereocenters. The van der Waals surface area contributed by atoms with Gasteiger partial charge in [0.25, 0.3) is 0 Å². The molecule has 0 aromatic carbocycles. The molecule has 0 aromatic heterocycles. The van der Waals surface area contributed by atoms with Gasteiger partial charge in [0.2, 0.25) is 0 Å². The van der Waals surface area contributed by atoms with E-state index >= 15 is 0 Å². The van der Waals surface area contributed by atoms with E-state index in [1.807, 2.05) is 0 Å². The molecule has 2 heterocycles. The molecule has 0 radical (unpaired) electrons. The first-order valence-electron chi connectivity index (χ1n) is 6.55. The van der Waals surface area contributed by atoms with Crippen LogP contribution in [0.25, 0.3) is 0 Å². The number of carbonyl (C=O) groups is 1. The lowest BCUT2D eigenvalue weighted by Crippen LogP contribution is -2.55. The summed E-state index contributed by atoms with van der Waals surface area (Å²) < 4.78 is 6.03. The molecule has 5 heteroatoms. The van der Waals surface area contributed by atoms with Crippen LogP contribution in [0.4, 0.5) is 0 Å². The number of aliphatic carboxylic acids is 1. The summed E-state index contributed by atoms with van der Waals surface area (Å²) in [6.45, 7) is 7.67. The molecule has 0 N–H and O–H groups in total. The van der Waals surface area contributed by atoms with E-state index in [1.165, 1.54) is 0 Å². The number of morpholine rings is 1. The molecule has 2 fully saturated rings. The highest BCUT2D eigenvalue weighted by atomic mass is 16.5. The van der Waals surface area contributed by atoms with Crippen molar-refractivity contribution in [2.75, 3.05) is 59.0 Å². The van der Waals surface area contributed by atoms with E-state index in [-0.39, 0.29) is 6.54 Å². The van der Waals surface area contributed by atoms with E-state index in [9.17, 15) is 9.90 Å². The third-order valence-corrected chi connectivity index (χ3v) is 3.97. The number of hydrogen-bond acceptors (Lipinski definition) is 4. The maximum Gasteiger partial charge on any atom is 0.119 e. The summed E-state index contributed by atoms with van der Waals surface area (Å²) in [4.78, 5) is 13.2. The minimum Gasteiger partial charge on any atom is -0.544 e. The Morgan fingerprint density at radius 2 is 1.88 bits per heavy atom. The van der Waals surface area contributed by atoms with Crippen molar-refractivity contribution in [1.82, 2.24) is 4.90 Å². The van der Waals surface area contributed by atoms with E-state index in [4.69, 9.17) is 4.74 Å². The number of hydrogen-bond donors (Lipinski definition) is 0. The molecule has 2 aliphatic rings. The Hall–Kier alpha value is -0.650. The molecule has 2 aliphatic heterocycles. The summed E-state index contributed by atoms with van der Waals surface area (Å²) in [5.74, 6) is -0.908. The standard InChI is InChI=1S/C12H22N2O3/c15-12(16)11-14(6-1-2-7-14)8-3-13-4-9-17-10-5-13/h1-11H2. The third kappa shape index (κ3) is 3.66. The fraction of sp³-hybridized carbons (Fsp3) is 0.917. The summed E-state index contributed by atoms with van der Waals surface area (Å²) in [6.07, 6.45) is 2.30. The molecule has 2 rings (SSSR count). The van der Waals surface area contributed by atoms with Gasteiger partial charge >= 0.3 is 0 Å². The molecule has 0 unspecified atom stereocenters. The summed E-state index contributed by atoms with van der Waals surface area (Å²) >= 11 is 0. The number of carboxylic acids is 1. The molecule has 0 spiro atoms. The van der Waals surface area contributed by atoms with Gasteiger partial charge in [-0.25, -0.2) is 0 Å². The Bertz CT molecular complexity index is 258. The lowest BCUT2D eigenvalue weighted by Gasteiger charge is -2.37. The van der Waals surface area contributed by atoms with Crippen LogP contribution in [0.15, 0.2) is 0 Å². The third-order valence-electron chi connectivity index (χ3n) is 3.97. The minimum absolute atomic E-state index is 0.185. The quantitative estimate of drug-likeness (QED) is 0.561. The van der Waals surface area contributed by atoms with Gasteiger partial charge in [0, 0.05) is 32.5 Å². The van der Waals surface area contributed by atoms with Crippen LogP contribution >= 0.6 is 0 Å². The first kappa shape index (κ1) is 12.8. The predicted octanol–water partition coefficient (Wildman–Crippen LogP) is -1.32. The fourth-order valence-electron chi connectivity index (χ4n) is 2.92. The molecule has 5 nitrogen and oxygen atoms in total. The largest absolute Gasteiger partial charge is 0.544 e. The average Bonchev–Trinajstić information content (AvgIpc) is 2.76. The molecule has 0 aliphatic carbocycles. The monoisotopic (exact) mass is 242 g/mol. The van der Waals surface area contributed by atoms with Gasteiger partial charge in [-0.05, 0) is 0 Å². The first-order chi connectivity index (χ1) is 8.20. The van der Waals surface area contributed by atoms with E-state index in [0.29, 0.717) is 0 Å². The van der Waals surface area contributed by atoms with Gasteiger partial charge < -0.3 is 19.1 Å². The summed E-state index contributed by atoms with van der Waals surface area (Å²) in [6, 6.07) is 0. The van der Waals surface area contributed by atoms with Crippen LogP contribution in [0.2, 0.25) is 0 Å². The second-order valence-electron chi connectivity index (χ2n) is 5.20. The molecular weight excluding hydrogens is 220 g/mol. The van der Waals surface area contributed by atoms with E-state index in [0.717, 1.165) is 69.8 Å². The van der Waals surface area contributed by atoms with Crippen LogP contribution in [-0.4, -0.2) is 74.4 Å². The lowest BCUT2D eigenvalue weighted by atomic mass is 10.3. The second kappa shape index (κ2) is 5.80. The summed E-state index contributed by atoms with van der Waals surface area (Å²) in [5.41, 5.74) is 0. The molecule has 0 aromatic rings. The number of ether oxygens (including phenoxy) is 1. The highest BCUT2D eigenvalue weighted by molar-refractivity contribution is 5.65.